The largest absolute Gasteiger partial charge is 0.361 e. The molecule has 0 saturated carbocycles. The van der Waals surface area contributed by atoms with E-state index in [1.165, 1.54) is 53.4 Å². The zero-order chi connectivity index (χ0) is 26.8. The molecule has 1 N–H and O–H groups in total. The molecule has 1 aliphatic rings. The second-order valence-electron chi connectivity index (χ2n) is 8.86. The highest BCUT2D eigenvalue weighted by Crippen LogP contribution is 2.28. The van der Waals surface area contributed by atoms with Gasteiger partial charge >= 0.3 is 0 Å². The van der Waals surface area contributed by atoms with Crippen LogP contribution in [-0.2, 0) is 16.0 Å². The Hall–Kier alpha value is -5.30. The summed E-state index contributed by atoms with van der Waals surface area (Å²) in [6.45, 7) is 0.141. The lowest BCUT2D eigenvalue weighted by Crippen LogP contribution is -2.46. The molecule has 10 nitrogen and oxygen atoms in total. The number of fused-ring (bicyclic) bond motifs is 1. The maximum absolute atomic E-state index is 13.6. The molecular weight excluding hydrogens is 486 g/mol. The number of rotatable bonds is 7. The highest BCUT2D eigenvalue weighted by molar-refractivity contribution is 6.23. The van der Waals surface area contributed by atoms with Gasteiger partial charge in [-0.3, -0.25) is 24.5 Å². The molecule has 1 aromatic heterocycles. The minimum Gasteiger partial charge on any atom is -0.361 e. The summed E-state index contributed by atoms with van der Waals surface area (Å²) in [5, 5.41) is 21.1. The summed E-state index contributed by atoms with van der Waals surface area (Å²) in [7, 11) is 0. The smallest absolute Gasteiger partial charge is 0.269 e. The van der Waals surface area contributed by atoms with Crippen LogP contribution in [0.2, 0.25) is 0 Å². The van der Waals surface area contributed by atoms with Crippen molar-refractivity contribution in [2.45, 2.75) is 18.9 Å². The summed E-state index contributed by atoms with van der Waals surface area (Å²) in [4.78, 5) is 56.2. The Kier molecular flexibility index (Phi) is 6.41. The maximum Gasteiger partial charge on any atom is 0.269 e. The number of hydrogen-bond donors (Lipinski definition) is 1. The van der Waals surface area contributed by atoms with Gasteiger partial charge in [-0.1, -0.05) is 18.2 Å². The summed E-state index contributed by atoms with van der Waals surface area (Å²) >= 11 is 0. The Balaban J connectivity index is 1.46. The molecule has 10 heteroatoms. The highest BCUT2D eigenvalue weighted by Gasteiger charge is 2.44. The molecule has 1 saturated heterocycles. The van der Waals surface area contributed by atoms with Gasteiger partial charge < -0.3 is 9.88 Å². The van der Waals surface area contributed by atoms with Gasteiger partial charge in [-0.05, 0) is 54.4 Å². The number of nitro benzene ring substituents is 1. The predicted octanol–water partition coefficient (Wildman–Crippen LogP) is 3.96. The number of nitro groups is 1. The van der Waals surface area contributed by atoms with E-state index in [-0.39, 0.29) is 24.2 Å². The standard InChI is InChI=1S/C28H21N5O5/c29-16-18-5-9-21(10-6-18)32-26(34)15-25(28(32)36)31(27(35)19-7-11-22(12-8-19)33(37)38)14-13-20-17-30-24-4-2-1-3-23(20)24/h1-12,17,25,30H,13-15H2. The SMILES string of the molecule is N#Cc1ccc(N2C(=O)CC(N(CCc3c[nH]c4ccccc34)C(=O)c3ccc([N+](=O)[O-])cc3)C2=O)cc1. The Bertz CT molecular complexity index is 1600. The molecule has 0 spiro atoms. The van der Waals surface area contributed by atoms with E-state index in [1.807, 2.05) is 36.5 Å². The number of carbonyl (C=O) groups is 3. The first-order chi connectivity index (χ1) is 18.4. The van der Waals surface area contributed by atoms with E-state index in [0.717, 1.165) is 21.4 Å². The van der Waals surface area contributed by atoms with Crippen molar-refractivity contribution in [1.29, 1.82) is 5.26 Å². The first-order valence-corrected chi connectivity index (χ1v) is 11.8. The number of para-hydroxylation sites is 1. The van der Waals surface area contributed by atoms with Crippen molar-refractivity contribution >= 4 is 40.0 Å². The maximum atomic E-state index is 13.6. The van der Waals surface area contributed by atoms with E-state index in [2.05, 4.69) is 4.98 Å². The summed E-state index contributed by atoms with van der Waals surface area (Å²) in [5.74, 6) is -1.51. The number of nitriles is 1. The number of benzene rings is 3. The Morgan fingerprint density at radius 2 is 1.79 bits per heavy atom. The predicted molar refractivity (Wildman–Crippen MR) is 138 cm³/mol. The Labute approximate surface area is 216 Å². The topological polar surface area (TPSA) is 140 Å². The molecule has 0 bridgehead atoms. The van der Waals surface area contributed by atoms with Crippen LogP contribution in [0.15, 0.2) is 79.0 Å². The van der Waals surface area contributed by atoms with Gasteiger partial charge in [-0.25, -0.2) is 4.90 Å². The molecule has 3 amide bonds. The normalized spacial score (nSPS) is 15.0. The minimum atomic E-state index is -1.05. The molecule has 3 aromatic carbocycles. The quantitative estimate of drug-likeness (QED) is 0.228. The second-order valence-corrected chi connectivity index (χ2v) is 8.86. The Morgan fingerprint density at radius 1 is 1.08 bits per heavy atom. The fraction of sp³-hybridized carbons (Fsp3) is 0.143. The fourth-order valence-corrected chi connectivity index (χ4v) is 4.69. The van der Waals surface area contributed by atoms with Gasteiger partial charge in [0.1, 0.15) is 6.04 Å². The molecule has 2 heterocycles. The van der Waals surface area contributed by atoms with Gasteiger partial charge in [0.15, 0.2) is 0 Å². The van der Waals surface area contributed by atoms with Crippen molar-refractivity contribution in [2.75, 3.05) is 11.4 Å². The number of imide groups is 1. The van der Waals surface area contributed by atoms with Gasteiger partial charge in [0.25, 0.3) is 17.5 Å². The molecule has 1 fully saturated rings. The van der Waals surface area contributed by atoms with Gasteiger partial charge in [-0.15, -0.1) is 0 Å². The van der Waals surface area contributed by atoms with Gasteiger partial charge in [0.2, 0.25) is 5.91 Å². The van der Waals surface area contributed by atoms with Crippen LogP contribution < -0.4 is 4.90 Å². The average Bonchev–Trinajstić information content (AvgIpc) is 3.48. The number of hydrogen-bond acceptors (Lipinski definition) is 6. The summed E-state index contributed by atoms with van der Waals surface area (Å²) < 4.78 is 0. The number of nitrogens with zero attached hydrogens (tertiary/aromatic N) is 4. The minimum absolute atomic E-state index is 0.141. The molecular formula is C28H21N5O5. The molecule has 188 valence electrons. The lowest BCUT2D eigenvalue weighted by Gasteiger charge is -2.28. The highest BCUT2D eigenvalue weighted by atomic mass is 16.6. The third kappa shape index (κ3) is 4.49. The molecule has 1 atom stereocenters. The number of non-ortho nitro benzene ring substituents is 1. The zero-order valence-corrected chi connectivity index (χ0v) is 20.0. The first-order valence-electron chi connectivity index (χ1n) is 11.8. The lowest BCUT2D eigenvalue weighted by molar-refractivity contribution is -0.384. The molecule has 1 unspecified atom stereocenters. The second kappa shape index (κ2) is 9.99. The van der Waals surface area contributed by atoms with Crippen molar-refractivity contribution in [3.63, 3.8) is 0 Å². The van der Waals surface area contributed by atoms with E-state index in [0.29, 0.717) is 17.7 Å². The van der Waals surface area contributed by atoms with Crippen molar-refractivity contribution in [3.05, 3.63) is 106 Å². The molecule has 4 aromatic rings. The van der Waals surface area contributed by atoms with E-state index >= 15 is 0 Å². The van der Waals surface area contributed by atoms with Crippen molar-refractivity contribution in [3.8, 4) is 6.07 Å². The van der Waals surface area contributed by atoms with Crippen LogP contribution in [0.1, 0.15) is 27.9 Å². The van der Waals surface area contributed by atoms with Crippen LogP contribution >= 0.6 is 0 Å². The molecule has 1 aliphatic heterocycles. The zero-order valence-electron chi connectivity index (χ0n) is 20.0. The van der Waals surface area contributed by atoms with Gasteiger partial charge in [-0.2, -0.15) is 5.26 Å². The molecule has 0 radical (unpaired) electrons. The van der Waals surface area contributed by atoms with E-state index in [4.69, 9.17) is 5.26 Å². The molecule has 5 rings (SSSR count). The van der Waals surface area contributed by atoms with Gasteiger partial charge in [0.05, 0.1) is 28.7 Å². The first kappa shape index (κ1) is 24.4. The number of carbonyl (C=O) groups excluding carboxylic acids is 3. The van der Waals surface area contributed by atoms with Crippen LogP contribution in [0.25, 0.3) is 10.9 Å². The number of aromatic amines is 1. The Morgan fingerprint density at radius 3 is 2.47 bits per heavy atom. The summed E-state index contributed by atoms with van der Waals surface area (Å²) in [6, 6.07) is 19.9. The van der Waals surface area contributed by atoms with Crippen molar-refractivity contribution in [2.24, 2.45) is 0 Å². The average molecular weight is 508 g/mol. The van der Waals surface area contributed by atoms with Crippen LogP contribution in [0.5, 0.6) is 0 Å². The molecule has 38 heavy (non-hydrogen) atoms. The van der Waals surface area contributed by atoms with Crippen molar-refractivity contribution in [1.82, 2.24) is 9.88 Å². The van der Waals surface area contributed by atoms with Crippen LogP contribution in [0.3, 0.4) is 0 Å². The third-order valence-electron chi connectivity index (χ3n) is 6.64. The van der Waals surface area contributed by atoms with E-state index in [9.17, 15) is 24.5 Å². The lowest BCUT2D eigenvalue weighted by atomic mass is 10.1. The number of amides is 3. The van der Waals surface area contributed by atoms with E-state index in [1.54, 1.807) is 0 Å². The summed E-state index contributed by atoms with van der Waals surface area (Å²) in [6.07, 6.45) is 2.06. The fourth-order valence-electron chi connectivity index (χ4n) is 4.69. The number of aromatic nitrogens is 1. The molecule has 0 aliphatic carbocycles. The van der Waals surface area contributed by atoms with Gasteiger partial charge in [0, 0.05) is 41.3 Å². The third-order valence-corrected chi connectivity index (χ3v) is 6.64. The number of nitrogens with one attached hydrogen (secondary N) is 1. The monoisotopic (exact) mass is 507 g/mol. The van der Waals surface area contributed by atoms with Crippen LogP contribution in [0.4, 0.5) is 11.4 Å². The summed E-state index contributed by atoms with van der Waals surface area (Å²) in [5.41, 5.74) is 2.61. The van der Waals surface area contributed by atoms with E-state index < -0.39 is 28.7 Å². The number of H-pyrrole nitrogens is 1. The van der Waals surface area contributed by atoms with Crippen LogP contribution in [-0.4, -0.2) is 45.1 Å². The van der Waals surface area contributed by atoms with Crippen molar-refractivity contribution < 1.29 is 19.3 Å². The number of anilines is 1. The van der Waals surface area contributed by atoms with Crippen LogP contribution in [0, 0.1) is 21.4 Å².